The van der Waals surface area contributed by atoms with E-state index in [1.807, 2.05) is 49.6 Å². The maximum Gasteiger partial charge on any atom is 0.255 e. The molecule has 0 atom stereocenters. The quantitative estimate of drug-likeness (QED) is 0.530. The first-order valence-corrected chi connectivity index (χ1v) is 10.5. The number of aromatic nitrogens is 1. The number of aryl methyl sites for hydroxylation is 2. The Labute approximate surface area is 173 Å². The fraction of sp³-hybridized carbons (Fsp3) is 0.238. The van der Waals surface area contributed by atoms with Gasteiger partial charge >= 0.3 is 0 Å². The molecule has 0 saturated carbocycles. The Morgan fingerprint density at radius 1 is 1.11 bits per heavy atom. The predicted octanol–water partition coefficient (Wildman–Crippen LogP) is 5.32. The van der Waals surface area contributed by atoms with E-state index in [9.17, 15) is 4.79 Å². The van der Waals surface area contributed by atoms with E-state index >= 15 is 0 Å². The molecule has 1 aromatic heterocycles. The summed E-state index contributed by atoms with van der Waals surface area (Å²) in [5.74, 6) is 1.87. The molecule has 146 valence electrons. The maximum absolute atomic E-state index is 12.6. The van der Waals surface area contributed by atoms with Gasteiger partial charge in [-0.25, -0.2) is 4.98 Å². The van der Waals surface area contributed by atoms with Gasteiger partial charge in [0, 0.05) is 34.1 Å². The number of nitrogens with zero attached hydrogens (tertiary/aromatic N) is 1. The lowest BCUT2D eigenvalue weighted by molar-refractivity contribution is 0.102. The average molecular weight is 415 g/mol. The summed E-state index contributed by atoms with van der Waals surface area (Å²) in [7, 11) is 3.16. The highest BCUT2D eigenvalue weighted by molar-refractivity contribution is 8.00. The van der Waals surface area contributed by atoms with Crippen molar-refractivity contribution in [3.05, 3.63) is 64.2 Å². The lowest BCUT2D eigenvalue weighted by Crippen LogP contribution is -2.13. The molecule has 3 aromatic rings. The van der Waals surface area contributed by atoms with Crippen LogP contribution >= 0.6 is 23.1 Å². The van der Waals surface area contributed by atoms with Crippen molar-refractivity contribution in [1.82, 2.24) is 4.98 Å². The van der Waals surface area contributed by atoms with E-state index in [0.29, 0.717) is 22.7 Å². The summed E-state index contributed by atoms with van der Waals surface area (Å²) in [4.78, 5) is 17.1. The van der Waals surface area contributed by atoms with Crippen LogP contribution in [0.3, 0.4) is 0 Å². The minimum Gasteiger partial charge on any atom is -0.493 e. The van der Waals surface area contributed by atoms with Crippen molar-refractivity contribution in [3.63, 3.8) is 0 Å². The molecule has 1 heterocycles. The minimum absolute atomic E-state index is 0.162. The second-order valence-electron chi connectivity index (χ2n) is 6.22. The fourth-order valence-electron chi connectivity index (χ4n) is 2.61. The summed E-state index contributed by atoms with van der Waals surface area (Å²) in [5.41, 5.74) is 4.40. The third kappa shape index (κ3) is 4.85. The van der Waals surface area contributed by atoms with Crippen molar-refractivity contribution in [3.8, 4) is 11.5 Å². The predicted molar refractivity (Wildman–Crippen MR) is 115 cm³/mol. The SMILES string of the molecule is COc1cc(C)c(NC(=O)c2ccc(CSc3nc(C)cs3)cc2)cc1OC. The number of thioether (sulfide) groups is 1. The lowest BCUT2D eigenvalue weighted by atomic mass is 10.1. The number of carbonyl (C=O) groups excluding carboxylic acids is 1. The van der Waals surface area contributed by atoms with Gasteiger partial charge in [-0.2, -0.15) is 0 Å². The highest BCUT2D eigenvalue weighted by atomic mass is 32.2. The van der Waals surface area contributed by atoms with Crippen LogP contribution in [0.1, 0.15) is 27.2 Å². The van der Waals surface area contributed by atoms with Gasteiger partial charge in [0.25, 0.3) is 5.91 Å². The molecular weight excluding hydrogens is 392 g/mol. The van der Waals surface area contributed by atoms with E-state index in [-0.39, 0.29) is 5.91 Å². The topological polar surface area (TPSA) is 60.5 Å². The number of nitrogens with one attached hydrogen (secondary N) is 1. The first kappa shape index (κ1) is 20.2. The van der Waals surface area contributed by atoms with Crippen molar-refractivity contribution in [1.29, 1.82) is 0 Å². The Kier molecular flexibility index (Phi) is 6.59. The van der Waals surface area contributed by atoms with E-state index in [2.05, 4.69) is 10.3 Å². The maximum atomic E-state index is 12.6. The van der Waals surface area contributed by atoms with Crippen LogP contribution < -0.4 is 14.8 Å². The summed E-state index contributed by atoms with van der Waals surface area (Å²) >= 11 is 3.36. The Morgan fingerprint density at radius 3 is 2.39 bits per heavy atom. The van der Waals surface area contributed by atoms with Crippen LogP contribution in [-0.2, 0) is 5.75 Å². The second kappa shape index (κ2) is 9.12. The van der Waals surface area contributed by atoms with Gasteiger partial charge in [-0.1, -0.05) is 23.9 Å². The molecule has 0 radical (unpaired) electrons. The molecule has 0 fully saturated rings. The largest absolute Gasteiger partial charge is 0.493 e. The van der Waals surface area contributed by atoms with Crippen LogP contribution in [0, 0.1) is 13.8 Å². The number of methoxy groups -OCH3 is 2. The molecule has 0 spiro atoms. The van der Waals surface area contributed by atoms with Gasteiger partial charge in [0.05, 0.1) is 14.2 Å². The molecule has 2 aromatic carbocycles. The number of ether oxygens (including phenoxy) is 2. The standard InChI is InChI=1S/C21H22N2O3S2/c1-13-9-18(25-3)19(26-4)10-17(13)23-20(24)16-7-5-15(6-8-16)12-28-21-22-14(2)11-27-21/h5-11H,12H2,1-4H3,(H,23,24). The number of rotatable bonds is 7. The van der Waals surface area contributed by atoms with Crippen LogP contribution in [0.4, 0.5) is 5.69 Å². The first-order chi connectivity index (χ1) is 13.5. The van der Waals surface area contributed by atoms with E-state index in [1.54, 1.807) is 43.4 Å². The fourth-order valence-corrected chi connectivity index (χ4v) is 4.41. The molecular formula is C21H22N2O3S2. The number of hydrogen-bond acceptors (Lipinski definition) is 6. The Morgan fingerprint density at radius 2 is 1.79 bits per heavy atom. The minimum atomic E-state index is -0.162. The summed E-state index contributed by atoms with van der Waals surface area (Å²) in [6, 6.07) is 11.2. The van der Waals surface area contributed by atoms with E-state index < -0.39 is 0 Å². The lowest BCUT2D eigenvalue weighted by Gasteiger charge is -2.13. The van der Waals surface area contributed by atoms with Crippen LogP contribution in [0.25, 0.3) is 0 Å². The molecule has 28 heavy (non-hydrogen) atoms. The highest BCUT2D eigenvalue weighted by Gasteiger charge is 2.12. The zero-order valence-corrected chi connectivity index (χ0v) is 17.9. The molecule has 0 aliphatic heterocycles. The van der Waals surface area contributed by atoms with Gasteiger partial charge in [-0.05, 0) is 43.2 Å². The van der Waals surface area contributed by atoms with Gasteiger partial charge < -0.3 is 14.8 Å². The average Bonchev–Trinajstić information content (AvgIpc) is 3.13. The third-order valence-corrected chi connectivity index (χ3v) is 6.37. The van der Waals surface area contributed by atoms with Crippen molar-refractivity contribution in [2.24, 2.45) is 0 Å². The highest BCUT2D eigenvalue weighted by Crippen LogP contribution is 2.33. The number of amides is 1. The Bertz CT molecular complexity index is 968. The Balaban J connectivity index is 1.66. The molecule has 0 aliphatic carbocycles. The van der Waals surface area contributed by atoms with E-state index in [1.165, 1.54) is 0 Å². The van der Waals surface area contributed by atoms with Gasteiger partial charge in [-0.15, -0.1) is 11.3 Å². The molecule has 1 amide bonds. The van der Waals surface area contributed by atoms with Crippen molar-refractivity contribution in [2.45, 2.75) is 23.9 Å². The molecule has 7 heteroatoms. The zero-order chi connectivity index (χ0) is 20.1. The summed E-state index contributed by atoms with van der Waals surface area (Å²) in [5, 5.41) is 4.99. The summed E-state index contributed by atoms with van der Waals surface area (Å²) in [6.45, 7) is 3.91. The van der Waals surface area contributed by atoms with Gasteiger partial charge in [0.2, 0.25) is 0 Å². The Hall–Kier alpha value is -2.51. The number of thiazole rings is 1. The van der Waals surface area contributed by atoms with Crippen LogP contribution in [0.2, 0.25) is 0 Å². The number of carbonyl (C=O) groups is 1. The molecule has 0 saturated heterocycles. The zero-order valence-electron chi connectivity index (χ0n) is 16.2. The molecule has 0 bridgehead atoms. The van der Waals surface area contributed by atoms with Crippen LogP contribution in [-0.4, -0.2) is 25.1 Å². The molecule has 0 aliphatic rings. The second-order valence-corrected chi connectivity index (χ2v) is 8.30. The monoisotopic (exact) mass is 414 g/mol. The van der Waals surface area contributed by atoms with Crippen LogP contribution in [0.15, 0.2) is 46.1 Å². The molecule has 3 rings (SSSR count). The van der Waals surface area contributed by atoms with E-state index in [0.717, 1.165) is 26.9 Å². The third-order valence-electron chi connectivity index (χ3n) is 4.16. The van der Waals surface area contributed by atoms with Crippen molar-refractivity contribution in [2.75, 3.05) is 19.5 Å². The molecule has 1 N–H and O–H groups in total. The normalized spacial score (nSPS) is 10.6. The smallest absolute Gasteiger partial charge is 0.255 e. The van der Waals surface area contributed by atoms with Crippen molar-refractivity contribution >= 4 is 34.7 Å². The summed E-state index contributed by atoms with van der Waals surface area (Å²) < 4.78 is 11.7. The van der Waals surface area contributed by atoms with Crippen molar-refractivity contribution < 1.29 is 14.3 Å². The first-order valence-electron chi connectivity index (χ1n) is 8.68. The van der Waals surface area contributed by atoms with E-state index in [4.69, 9.17) is 9.47 Å². The van der Waals surface area contributed by atoms with Gasteiger partial charge in [0.1, 0.15) is 4.34 Å². The van der Waals surface area contributed by atoms with Gasteiger partial charge in [-0.3, -0.25) is 4.79 Å². The number of hydrogen-bond donors (Lipinski definition) is 1. The van der Waals surface area contributed by atoms with Gasteiger partial charge in [0.15, 0.2) is 11.5 Å². The molecule has 5 nitrogen and oxygen atoms in total. The summed E-state index contributed by atoms with van der Waals surface area (Å²) in [6.07, 6.45) is 0. The van der Waals surface area contributed by atoms with Crippen LogP contribution in [0.5, 0.6) is 11.5 Å². The number of anilines is 1. The molecule has 0 unspecified atom stereocenters. The number of benzene rings is 2.